The van der Waals surface area contributed by atoms with Crippen molar-refractivity contribution >= 4 is 11.8 Å². The maximum Gasteiger partial charge on any atom is 0.416 e. The highest BCUT2D eigenvalue weighted by molar-refractivity contribution is 5.64. The number of para-hydroxylation sites is 1. The molecule has 2 aromatic rings. The zero-order valence-corrected chi connectivity index (χ0v) is 20.5. The van der Waals surface area contributed by atoms with Crippen molar-refractivity contribution in [1.29, 1.82) is 0 Å². The molecule has 3 atom stereocenters. The minimum atomic E-state index is -4.94. The van der Waals surface area contributed by atoms with Crippen molar-refractivity contribution in [3.8, 4) is 0 Å². The Morgan fingerprint density at radius 1 is 1.08 bits per heavy atom. The number of benzene rings is 2. The maximum absolute atomic E-state index is 13.3. The fraction of sp³-hybridized carbons (Fsp3) is 0.500. The van der Waals surface area contributed by atoms with Crippen molar-refractivity contribution in [2.24, 2.45) is 11.7 Å². The van der Waals surface area contributed by atoms with Crippen LogP contribution in [0, 0.1) is 5.92 Å². The lowest BCUT2D eigenvalue weighted by Gasteiger charge is -2.43. The monoisotopic (exact) mass is 532 g/mol. The van der Waals surface area contributed by atoms with Gasteiger partial charge in [-0.2, -0.15) is 26.3 Å². The van der Waals surface area contributed by atoms with E-state index in [1.54, 1.807) is 0 Å². The zero-order valence-electron chi connectivity index (χ0n) is 20.5. The highest BCUT2D eigenvalue weighted by Gasteiger charge is 2.39. The number of hydrogen-bond acceptors (Lipinski definition) is 4. The molecule has 0 spiro atoms. The van der Waals surface area contributed by atoms with E-state index < -0.39 is 41.2 Å². The van der Waals surface area contributed by atoms with Crippen molar-refractivity contribution in [1.82, 2.24) is 0 Å². The minimum Gasteiger partial charge on any atom is -0.449 e. The fourth-order valence-electron chi connectivity index (χ4n) is 4.60. The molecule has 3 unspecified atom stereocenters. The van der Waals surface area contributed by atoms with Crippen LogP contribution in [0.5, 0.6) is 0 Å². The average Bonchev–Trinajstić information content (AvgIpc) is 2.99. The van der Waals surface area contributed by atoms with Gasteiger partial charge in [0.1, 0.15) is 0 Å². The van der Waals surface area contributed by atoms with Gasteiger partial charge in [-0.05, 0) is 62.6 Å². The Morgan fingerprint density at radius 3 is 2.22 bits per heavy atom. The Kier molecular flexibility index (Phi) is 8.66. The molecule has 5 nitrogen and oxygen atoms in total. The molecule has 1 amide bonds. The van der Waals surface area contributed by atoms with E-state index in [0.717, 1.165) is 18.5 Å². The normalized spacial score (nSPS) is 21.8. The first-order chi connectivity index (χ1) is 17.2. The Bertz CT molecular complexity index is 1030. The summed E-state index contributed by atoms with van der Waals surface area (Å²) in [5, 5.41) is 0. The van der Waals surface area contributed by atoms with E-state index in [0.29, 0.717) is 25.1 Å². The summed E-state index contributed by atoms with van der Waals surface area (Å²) >= 11 is 0. The number of halogens is 6. The van der Waals surface area contributed by atoms with Crippen LogP contribution in [-0.2, 0) is 21.8 Å². The Hall–Kier alpha value is -2.95. The van der Waals surface area contributed by atoms with Crippen LogP contribution in [0.3, 0.4) is 0 Å². The van der Waals surface area contributed by atoms with Crippen molar-refractivity contribution in [3.63, 3.8) is 0 Å². The van der Waals surface area contributed by atoms with E-state index >= 15 is 0 Å². The van der Waals surface area contributed by atoms with E-state index in [9.17, 15) is 31.1 Å². The van der Waals surface area contributed by atoms with Gasteiger partial charge in [0.25, 0.3) is 0 Å². The lowest BCUT2D eigenvalue weighted by molar-refractivity contribution is -0.143. The predicted molar refractivity (Wildman–Crippen MR) is 126 cm³/mol. The highest BCUT2D eigenvalue weighted by atomic mass is 19.4. The molecule has 0 radical (unpaired) electrons. The molecule has 37 heavy (non-hydrogen) atoms. The van der Waals surface area contributed by atoms with Crippen LogP contribution in [0.1, 0.15) is 55.9 Å². The van der Waals surface area contributed by atoms with Crippen LogP contribution in [0.2, 0.25) is 0 Å². The van der Waals surface area contributed by atoms with Crippen molar-refractivity contribution in [3.05, 3.63) is 65.2 Å². The van der Waals surface area contributed by atoms with Crippen LogP contribution in [0.4, 0.5) is 36.8 Å². The molecule has 2 aromatic carbocycles. The molecule has 2 N–H and O–H groups in total. The third-order valence-electron chi connectivity index (χ3n) is 6.67. The van der Waals surface area contributed by atoms with Gasteiger partial charge in [-0.15, -0.1) is 0 Å². The number of ether oxygens (including phenoxy) is 2. The molecule has 1 saturated heterocycles. The molecule has 1 heterocycles. The number of rotatable bonds is 7. The van der Waals surface area contributed by atoms with E-state index in [4.69, 9.17) is 15.2 Å². The second kappa shape index (κ2) is 11.2. The van der Waals surface area contributed by atoms with Gasteiger partial charge in [-0.25, -0.2) is 4.79 Å². The Labute approximate surface area is 211 Å². The average molecular weight is 533 g/mol. The SMILES string of the molecule is CC(OCC1(C)CCCC(COC(N)=O)CN1c1ccccc1)c1cc(C(F)(F)F)cc(C(F)(F)F)c1. The Balaban J connectivity index is 1.86. The minimum absolute atomic E-state index is 0.0234. The van der Waals surface area contributed by atoms with Gasteiger partial charge in [-0.3, -0.25) is 0 Å². The number of amides is 1. The summed E-state index contributed by atoms with van der Waals surface area (Å²) in [5.41, 5.74) is 2.39. The van der Waals surface area contributed by atoms with Gasteiger partial charge >= 0.3 is 18.4 Å². The quantitative estimate of drug-likeness (QED) is 0.392. The third-order valence-corrected chi connectivity index (χ3v) is 6.67. The summed E-state index contributed by atoms with van der Waals surface area (Å²) in [5.74, 6) is -0.0234. The van der Waals surface area contributed by atoms with Crippen LogP contribution in [0.15, 0.2) is 48.5 Å². The molecular formula is C26H30F6N2O3. The van der Waals surface area contributed by atoms with Crippen LogP contribution in [0.25, 0.3) is 0 Å². The smallest absolute Gasteiger partial charge is 0.416 e. The summed E-state index contributed by atoms with van der Waals surface area (Å²) in [6.45, 7) is 4.05. The number of nitrogens with zero attached hydrogens (tertiary/aromatic N) is 1. The molecule has 11 heteroatoms. The van der Waals surface area contributed by atoms with Crippen LogP contribution in [-0.4, -0.2) is 31.4 Å². The molecular weight excluding hydrogens is 502 g/mol. The summed E-state index contributed by atoms with van der Waals surface area (Å²) in [7, 11) is 0. The second-order valence-electron chi connectivity index (χ2n) is 9.62. The molecule has 3 rings (SSSR count). The topological polar surface area (TPSA) is 64.8 Å². The molecule has 1 aliphatic rings. The number of carbonyl (C=O) groups is 1. The highest BCUT2D eigenvalue weighted by Crippen LogP contribution is 2.39. The zero-order chi connectivity index (χ0) is 27.4. The molecule has 0 saturated carbocycles. The summed E-state index contributed by atoms with van der Waals surface area (Å²) < 4.78 is 90.9. The molecule has 1 aliphatic heterocycles. The summed E-state index contributed by atoms with van der Waals surface area (Å²) in [6, 6.07) is 10.9. The lowest BCUT2D eigenvalue weighted by atomic mass is 9.94. The van der Waals surface area contributed by atoms with E-state index in [2.05, 4.69) is 4.90 Å². The first kappa shape index (κ1) is 28.6. The van der Waals surface area contributed by atoms with E-state index in [1.165, 1.54) is 6.92 Å². The van der Waals surface area contributed by atoms with Gasteiger partial charge in [0.2, 0.25) is 0 Å². The number of primary amides is 1. The molecule has 204 valence electrons. The number of nitrogens with two attached hydrogens (primary N) is 1. The number of carbonyl (C=O) groups excluding carboxylic acids is 1. The second-order valence-corrected chi connectivity index (χ2v) is 9.62. The molecule has 0 aromatic heterocycles. The Morgan fingerprint density at radius 2 is 1.68 bits per heavy atom. The number of alkyl halides is 6. The van der Waals surface area contributed by atoms with Crippen molar-refractivity contribution in [2.45, 2.75) is 57.1 Å². The number of anilines is 1. The van der Waals surface area contributed by atoms with Crippen LogP contribution >= 0.6 is 0 Å². The maximum atomic E-state index is 13.3. The van der Waals surface area contributed by atoms with Crippen molar-refractivity contribution in [2.75, 3.05) is 24.7 Å². The standard InChI is InChI=1S/C26H30F6N2O3/c1-17(19-11-20(25(27,28)29)13-21(12-19)26(30,31)32)37-16-24(2)10-6-7-18(15-36-23(33)35)14-34(24)22-8-4-3-5-9-22/h3-5,8-9,11-13,17-18H,6-7,10,14-16H2,1-2H3,(H2,33,35). The van der Waals surface area contributed by atoms with Gasteiger partial charge in [0, 0.05) is 18.2 Å². The molecule has 0 bridgehead atoms. The van der Waals surface area contributed by atoms with Gasteiger partial charge in [0.05, 0.1) is 36.0 Å². The van der Waals surface area contributed by atoms with E-state index in [1.807, 2.05) is 37.3 Å². The third kappa shape index (κ3) is 7.53. The predicted octanol–water partition coefficient (Wildman–Crippen LogP) is 6.96. The lowest BCUT2D eigenvalue weighted by Crippen LogP contribution is -2.51. The van der Waals surface area contributed by atoms with Gasteiger partial charge in [0.15, 0.2) is 0 Å². The number of hydrogen-bond donors (Lipinski definition) is 1. The first-order valence-electron chi connectivity index (χ1n) is 11.8. The molecule has 1 fully saturated rings. The van der Waals surface area contributed by atoms with Gasteiger partial charge in [-0.1, -0.05) is 24.6 Å². The van der Waals surface area contributed by atoms with Crippen LogP contribution < -0.4 is 10.6 Å². The summed E-state index contributed by atoms with van der Waals surface area (Å²) in [4.78, 5) is 13.2. The summed E-state index contributed by atoms with van der Waals surface area (Å²) in [6.07, 6.45) is -9.65. The fourth-order valence-corrected chi connectivity index (χ4v) is 4.60. The van der Waals surface area contributed by atoms with Crippen molar-refractivity contribution < 1.29 is 40.6 Å². The largest absolute Gasteiger partial charge is 0.449 e. The molecule has 0 aliphatic carbocycles. The van der Waals surface area contributed by atoms with E-state index in [-0.39, 0.29) is 30.8 Å². The van der Waals surface area contributed by atoms with Gasteiger partial charge < -0.3 is 20.1 Å². The first-order valence-corrected chi connectivity index (χ1v) is 11.8.